The molecule has 21 heavy (non-hydrogen) atoms. The lowest BCUT2D eigenvalue weighted by Gasteiger charge is -2.15. The first-order chi connectivity index (χ1) is 10.2. The summed E-state index contributed by atoms with van der Waals surface area (Å²) in [6.07, 6.45) is 1.21. The monoisotopic (exact) mass is 307 g/mol. The highest BCUT2D eigenvalue weighted by atomic mass is 32.2. The molecule has 2 rings (SSSR count). The Hall–Kier alpha value is -1.20. The fourth-order valence-corrected chi connectivity index (χ4v) is 3.75. The second kappa shape index (κ2) is 8.29. The van der Waals surface area contributed by atoms with Crippen molar-refractivity contribution in [2.75, 3.05) is 29.9 Å². The Labute approximate surface area is 131 Å². The molecule has 0 saturated carbocycles. The average molecular weight is 307 g/mol. The maximum absolute atomic E-state index is 11.9. The van der Waals surface area contributed by atoms with Gasteiger partial charge in [0.1, 0.15) is 0 Å². The van der Waals surface area contributed by atoms with Gasteiger partial charge in [-0.1, -0.05) is 19.1 Å². The molecule has 2 amide bonds. The van der Waals surface area contributed by atoms with Crippen molar-refractivity contribution in [3.8, 4) is 0 Å². The van der Waals surface area contributed by atoms with Crippen LogP contribution in [0.5, 0.6) is 0 Å². The molecule has 0 bridgehead atoms. The number of benzene rings is 1. The van der Waals surface area contributed by atoms with Crippen LogP contribution in [0.25, 0.3) is 0 Å². The molecule has 0 spiro atoms. The van der Waals surface area contributed by atoms with Crippen molar-refractivity contribution in [3.63, 3.8) is 0 Å². The van der Waals surface area contributed by atoms with Gasteiger partial charge in [0, 0.05) is 18.3 Å². The number of urea groups is 1. The molecule has 0 radical (unpaired) electrons. The minimum Gasteiger partial charge on any atom is -0.338 e. The van der Waals surface area contributed by atoms with E-state index in [9.17, 15) is 4.79 Å². The zero-order valence-electron chi connectivity index (χ0n) is 12.8. The first-order valence-electron chi connectivity index (χ1n) is 7.65. The molecule has 0 aliphatic carbocycles. The van der Waals surface area contributed by atoms with Crippen molar-refractivity contribution in [1.29, 1.82) is 0 Å². The molecule has 1 heterocycles. The molecule has 1 aliphatic heterocycles. The third-order valence-electron chi connectivity index (χ3n) is 3.73. The van der Waals surface area contributed by atoms with E-state index in [1.165, 1.54) is 17.7 Å². The second-order valence-corrected chi connectivity index (χ2v) is 6.62. The summed E-state index contributed by atoms with van der Waals surface area (Å²) in [5, 5.41) is 9.26. The van der Waals surface area contributed by atoms with Gasteiger partial charge in [-0.2, -0.15) is 11.8 Å². The maximum atomic E-state index is 11.9. The van der Waals surface area contributed by atoms with Gasteiger partial charge in [0.05, 0.1) is 0 Å². The van der Waals surface area contributed by atoms with Crippen LogP contribution in [0.4, 0.5) is 10.5 Å². The van der Waals surface area contributed by atoms with Crippen molar-refractivity contribution in [2.24, 2.45) is 5.92 Å². The van der Waals surface area contributed by atoms with E-state index in [0.29, 0.717) is 5.92 Å². The molecule has 1 saturated heterocycles. The standard InChI is InChI=1S/C16H25N3OS/c1-3-17-12(2)14-5-4-6-15(9-14)19-16(20)18-10-13-7-8-21-11-13/h4-6,9,12-13,17H,3,7-8,10-11H2,1-2H3,(H2,18,19,20). The summed E-state index contributed by atoms with van der Waals surface area (Å²) in [6.45, 7) is 5.92. The summed E-state index contributed by atoms with van der Waals surface area (Å²) in [4.78, 5) is 11.9. The van der Waals surface area contributed by atoms with Crippen LogP contribution in [0, 0.1) is 5.92 Å². The van der Waals surface area contributed by atoms with E-state index in [0.717, 1.165) is 24.5 Å². The summed E-state index contributed by atoms with van der Waals surface area (Å²) in [7, 11) is 0. The van der Waals surface area contributed by atoms with Gasteiger partial charge in [-0.05, 0) is 55.0 Å². The molecular weight excluding hydrogens is 282 g/mol. The lowest BCUT2D eigenvalue weighted by molar-refractivity contribution is 0.250. The van der Waals surface area contributed by atoms with Gasteiger partial charge < -0.3 is 16.0 Å². The number of carbonyl (C=O) groups is 1. The molecule has 5 heteroatoms. The van der Waals surface area contributed by atoms with E-state index < -0.39 is 0 Å². The van der Waals surface area contributed by atoms with Crippen molar-refractivity contribution < 1.29 is 4.79 Å². The number of hydrogen-bond acceptors (Lipinski definition) is 3. The van der Waals surface area contributed by atoms with Crippen LogP contribution in [-0.2, 0) is 0 Å². The summed E-state index contributed by atoms with van der Waals surface area (Å²) in [5.74, 6) is 3.01. The lowest BCUT2D eigenvalue weighted by atomic mass is 10.1. The average Bonchev–Trinajstić information content (AvgIpc) is 2.99. The largest absolute Gasteiger partial charge is 0.338 e. The van der Waals surface area contributed by atoms with E-state index in [2.05, 4.69) is 35.9 Å². The Kier molecular flexibility index (Phi) is 6.39. The number of rotatable bonds is 6. The summed E-state index contributed by atoms with van der Waals surface area (Å²) < 4.78 is 0. The minimum absolute atomic E-state index is 0.111. The molecule has 2 atom stereocenters. The molecule has 4 nitrogen and oxygen atoms in total. The first-order valence-corrected chi connectivity index (χ1v) is 8.80. The summed E-state index contributed by atoms with van der Waals surface area (Å²) in [6, 6.07) is 8.18. The van der Waals surface area contributed by atoms with E-state index >= 15 is 0 Å². The Bertz CT molecular complexity index is 461. The SMILES string of the molecule is CCNC(C)c1cccc(NC(=O)NCC2CCSC2)c1. The molecule has 1 aromatic carbocycles. The Morgan fingerprint density at radius 3 is 3.05 bits per heavy atom. The van der Waals surface area contributed by atoms with Crippen LogP contribution in [0.2, 0.25) is 0 Å². The molecular formula is C16H25N3OS. The molecule has 1 aliphatic rings. The molecule has 1 aromatic rings. The number of hydrogen-bond donors (Lipinski definition) is 3. The highest BCUT2D eigenvalue weighted by Crippen LogP contribution is 2.22. The summed E-state index contributed by atoms with van der Waals surface area (Å²) in [5.41, 5.74) is 2.03. The van der Waals surface area contributed by atoms with E-state index in [-0.39, 0.29) is 12.1 Å². The smallest absolute Gasteiger partial charge is 0.319 e. The predicted octanol–water partition coefficient (Wildman–Crippen LogP) is 3.23. The van der Waals surface area contributed by atoms with Crippen LogP contribution in [-0.4, -0.2) is 30.6 Å². The Morgan fingerprint density at radius 2 is 2.33 bits per heavy atom. The number of amides is 2. The summed E-state index contributed by atoms with van der Waals surface area (Å²) >= 11 is 1.97. The fourth-order valence-electron chi connectivity index (χ4n) is 2.47. The van der Waals surface area contributed by atoms with Gasteiger partial charge in [0.2, 0.25) is 0 Å². The maximum Gasteiger partial charge on any atom is 0.319 e. The molecule has 116 valence electrons. The first kappa shape index (κ1) is 16.2. The van der Waals surface area contributed by atoms with Crippen LogP contribution in [0.1, 0.15) is 31.9 Å². The third kappa shape index (κ3) is 5.25. The second-order valence-electron chi connectivity index (χ2n) is 5.47. The highest BCUT2D eigenvalue weighted by molar-refractivity contribution is 7.99. The van der Waals surface area contributed by atoms with E-state index in [4.69, 9.17) is 0 Å². The van der Waals surface area contributed by atoms with Gasteiger partial charge in [-0.15, -0.1) is 0 Å². The topological polar surface area (TPSA) is 53.2 Å². The molecule has 3 N–H and O–H groups in total. The molecule has 2 unspecified atom stereocenters. The number of carbonyl (C=O) groups excluding carboxylic acids is 1. The van der Waals surface area contributed by atoms with Gasteiger partial charge in [0.25, 0.3) is 0 Å². The van der Waals surface area contributed by atoms with Crippen LogP contribution in [0.3, 0.4) is 0 Å². The predicted molar refractivity (Wildman–Crippen MR) is 91.0 cm³/mol. The fraction of sp³-hybridized carbons (Fsp3) is 0.562. The molecule has 0 aromatic heterocycles. The number of anilines is 1. The van der Waals surface area contributed by atoms with E-state index in [1.54, 1.807) is 0 Å². The van der Waals surface area contributed by atoms with Crippen LogP contribution >= 0.6 is 11.8 Å². The third-order valence-corrected chi connectivity index (χ3v) is 4.96. The van der Waals surface area contributed by atoms with Gasteiger partial charge in [-0.3, -0.25) is 0 Å². The Morgan fingerprint density at radius 1 is 1.48 bits per heavy atom. The molecule has 1 fully saturated rings. The quantitative estimate of drug-likeness (QED) is 0.756. The van der Waals surface area contributed by atoms with Crippen molar-refractivity contribution in [3.05, 3.63) is 29.8 Å². The number of nitrogens with one attached hydrogen (secondary N) is 3. The van der Waals surface area contributed by atoms with Crippen LogP contribution < -0.4 is 16.0 Å². The lowest BCUT2D eigenvalue weighted by Crippen LogP contribution is -2.33. The highest BCUT2D eigenvalue weighted by Gasteiger charge is 2.16. The minimum atomic E-state index is -0.111. The zero-order valence-corrected chi connectivity index (χ0v) is 13.6. The zero-order chi connectivity index (χ0) is 15.1. The van der Waals surface area contributed by atoms with Gasteiger partial charge in [0.15, 0.2) is 0 Å². The number of thioether (sulfide) groups is 1. The Balaban J connectivity index is 1.83. The van der Waals surface area contributed by atoms with Gasteiger partial charge >= 0.3 is 6.03 Å². The van der Waals surface area contributed by atoms with Crippen molar-refractivity contribution in [1.82, 2.24) is 10.6 Å². The van der Waals surface area contributed by atoms with Gasteiger partial charge in [-0.25, -0.2) is 4.79 Å². The van der Waals surface area contributed by atoms with Crippen LogP contribution in [0.15, 0.2) is 24.3 Å². The normalized spacial score (nSPS) is 19.2. The van der Waals surface area contributed by atoms with Crippen molar-refractivity contribution >= 4 is 23.5 Å². The van der Waals surface area contributed by atoms with E-state index in [1.807, 2.05) is 30.0 Å². The van der Waals surface area contributed by atoms with Crippen molar-refractivity contribution in [2.45, 2.75) is 26.3 Å².